The predicted octanol–water partition coefficient (Wildman–Crippen LogP) is 1.34. The van der Waals surface area contributed by atoms with Gasteiger partial charge in [0.1, 0.15) is 5.75 Å². The number of anilines is 1. The van der Waals surface area contributed by atoms with Gasteiger partial charge in [0.05, 0.1) is 13.2 Å². The molecule has 1 aliphatic rings. The van der Waals surface area contributed by atoms with Crippen LogP contribution in [0.2, 0.25) is 0 Å². The van der Waals surface area contributed by atoms with Gasteiger partial charge < -0.3 is 15.4 Å². The molecule has 1 unspecified atom stereocenters. The van der Waals surface area contributed by atoms with Crippen molar-refractivity contribution in [2.75, 3.05) is 30.5 Å². The third-order valence-electron chi connectivity index (χ3n) is 2.60. The van der Waals surface area contributed by atoms with Crippen LogP contribution in [-0.2, 0) is 4.79 Å². The van der Waals surface area contributed by atoms with Crippen LogP contribution in [0.3, 0.4) is 0 Å². The van der Waals surface area contributed by atoms with Gasteiger partial charge in [-0.15, -0.1) is 0 Å². The highest BCUT2D eigenvalue weighted by Gasteiger charge is 2.20. The number of nitrogens with one attached hydrogen (secondary N) is 2. The summed E-state index contributed by atoms with van der Waals surface area (Å²) < 4.78 is 5.06. The molecule has 1 atom stereocenters. The second kappa shape index (κ2) is 5.93. The first-order valence-electron chi connectivity index (χ1n) is 5.55. The third-order valence-corrected chi connectivity index (χ3v) is 3.66. The quantitative estimate of drug-likeness (QED) is 0.852. The maximum Gasteiger partial charge on any atom is 0.242 e. The molecular weight excluding hydrogens is 236 g/mol. The molecule has 1 aromatic rings. The van der Waals surface area contributed by atoms with Crippen LogP contribution in [0.1, 0.15) is 0 Å². The van der Waals surface area contributed by atoms with Crippen LogP contribution in [-0.4, -0.2) is 37.1 Å². The van der Waals surface area contributed by atoms with Gasteiger partial charge in [0, 0.05) is 23.7 Å². The number of carbonyl (C=O) groups excluding carboxylic acids is 1. The maximum atomic E-state index is 11.9. The van der Waals surface area contributed by atoms with Crippen molar-refractivity contribution in [2.45, 2.75) is 6.04 Å². The van der Waals surface area contributed by atoms with E-state index in [9.17, 15) is 4.79 Å². The van der Waals surface area contributed by atoms with Crippen molar-refractivity contribution in [1.29, 1.82) is 0 Å². The monoisotopic (exact) mass is 252 g/mol. The highest BCUT2D eigenvalue weighted by Crippen LogP contribution is 2.16. The summed E-state index contributed by atoms with van der Waals surface area (Å²) in [6, 6.07) is 7.26. The van der Waals surface area contributed by atoms with E-state index in [0.717, 1.165) is 29.5 Å². The van der Waals surface area contributed by atoms with Crippen molar-refractivity contribution in [1.82, 2.24) is 5.32 Å². The molecule has 0 bridgehead atoms. The number of amides is 1. The fourth-order valence-electron chi connectivity index (χ4n) is 1.64. The van der Waals surface area contributed by atoms with Gasteiger partial charge in [-0.05, 0) is 24.3 Å². The lowest BCUT2D eigenvalue weighted by Gasteiger charge is -2.22. The molecule has 0 saturated carbocycles. The van der Waals surface area contributed by atoms with Gasteiger partial charge in [-0.1, -0.05) is 0 Å². The SMILES string of the molecule is COc1ccc(NC(=O)C2CSCCN2)cc1. The fraction of sp³-hybridized carbons (Fsp3) is 0.417. The lowest BCUT2D eigenvalue weighted by atomic mass is 10.2. The van der Waals surface area contributed by atoms with Crippen molar-refractivity contribution in [3.05, 3.63) is 24.3 Å². The minimum absolute atomic E-state index is 0.0300. The molecule has 1 amide bonds. The van der Waals surface area contributed by atoms with Crippen LogP contribution < -0.4 is 15.4 Å². The second-order valence-electron chi connectivity index (χ2n) is 3.80. The first-order valence-corrected chi connectivity index (χ1v) is 6.71. The van der Waals surface area contributed by atoms with Gasteiger partial charge in [-0.3, -0.25) is 4.79 Å². The molecule has 1 fully saturated rings. The molecule has 0 spiro atoms. The van der Waals surface area contributed by atoms with Crippen molar-refractivity contribution >= 4 is 23.4 Å². The Balaban J connectivity index is 1.92. The Morgan fingerprint density at radius 1 is 1.47 bits per heavy atom. The molecule has 1 aromatic carbocycles. The Hall–Kier alpha value is -1.20. The molecule has 92 valence electrons. The van der Waals surface area contributed by atoms with Crippen LogP contribution >= 0.6 is 11.8 Å². The smallest absolute Gasteiger partial charge is 0.242 e. The summed E-state index contributed by atoms with van der Waals surface area (Å²) in [5.41, 5.74) is 0.799. The van der Waals surface area contributed by atoms with E-state index in [1.54, 1.807) is 18.9 Å². The zero-order chi connectivity index (χ0) is 12.1. The first-order chi connectivity index (χ1) is 8.29. The summed E-state index contributed by atoms with van der Waals surface area (Å²) in [6.45, 7) is 0.894. The summed E-state index contributed by atoms with van der Waals surface area (Å²) in [4.78, 5) is 11.9. The van der Waals surface area contributed by atoms with Crippen LogP contribution in [0, 0.1) is 0 Å². The number of thioether (sulfide) groups is 1. The standard InChI is InChI=1S/C12H16N2O2S/c1-16-10-4-2-9(3-5-10)14-12(15)11-8-17-7-6-13-11/h2-5,11,13H,6-8H2,1H3,(H,14,15). The molecule has 4 nitrogen and oxygen atoms in total. The molecule has 17 heavy (non-hydrogen) atoms. The predicted molar refractivity (Wildman–Crippen MR) is 70.7 cm³/mol. The fourth-order valence-corrected chi connectivity index (χ4v) is 2.57. The lowest BCUT2D eigenvalue weighted by molar-refractivity contribution is -0.117. The number of benzene rings is 1. The molecule has 0 aromatic heterocycles. The van der Waals surface area contributed by atoms with Crippen LogP contribution in [0.25, 0.3) is 0 Å². The van der Waals surface area contributed by atoms with Gasteiger partial charge in [-0.25, -0.2) is 0 Å². The van der Waals surface area contributed by atoms with Crippen molar-refractivity contribution in [3.8, 4) is 5.75 Å². The topological polar surface area (TPSA) is 50.4 Å². The normalized spacial score (nSPS) is 19.7. The summed E-state index contributed by atoms with van der Waals surface area (Å²) in [5, 5.41) is 6.10. The van der Waals surface area contributed by atoms with E-state index in [0.29, 0.717) is 0 Å². The number of rotatable bonds is 3. The Bertz CT molecular complexity index is 375. The summed E-state index contributed by atoms with van der Waals surface area (Å²) >= 11 is 1.80. The van der Waals surface area contributed by atoms with Gasteiger partial charge in [0.25, 0.3) is 0 Å². The highest BCUT2D eigenvalue weighted by molar-refractivity contribution is 7.99. The number of hydrogen-bond donors (Lipinski definition) is 2. The average molecular weight is 252 g/mol. The molecule has 1 heterocycles. The van der Waals surface area contributed by atoms with Crippen molar-refractivity contribution in [3.63, 3.8) is 0 Å². The van der Waals surface area contributed by atoms with E-state index in [1.807, 2.05) is 24.3 Å². The van der Waals surface area contributed by atoms with Crippen LogP contribution in [0.15, 0.2) is 24.3 Å². The van der Waals surface area contributed by atoms with E-state index in [-0.39, 0.29) is 11.9 Å². The van der Waals surface area contributed by atoms with Gasteiger partial charge in [0.2, 0.25) is 5.91 Å². The molecule has 1 saturated heterocycles. The molecule has 0 radical (unpaired) electrons. The van der Waals surface area contributed by atoms with E-state index < -0.39 is 0 Å². The van der Waals surface area contributed by atoms with E-state index in [4.69, 9.17) is 4.74 Å². The van der Waals surface area contributed by atoms with E-state index >= 15 is 0 Å². The lowest BCUT2D eigenvalue weighted by Crippen LogP contribution is -2.46. The zero-order valence-electron chi connectivity index (χ0n) is 9.73. The molecule has 2 rings (SSSR count). The Morgan fingerprint density at radius 3 is 2.82 bits per heavy atom. The van der Waals surface area contributed by atoms with Gasteiger partial charge >= 0.3 is 0 Å². The largest absolute Gasteiger partial charge is 0.497 e. The first kappa shape index (κ1) is 12.3. The summed E-state index contributed by atoms with van der Waals surface area (Å²) in [5.74, 6) is 2.73. The third kappa shape index (κ3) is 3.38. The Morgan fingerprint density at radius 2 is 2.24 bits per heavy atom. The minimum atomic E-state index is -0.0872. The number of carbonyl (C=O) groups is 1. The average Bonchev–Trinajstić information content (AvgIpc) is 2.40. The van der Waals surface area contributed by atoms with E-state index in [1.165, 1.54) is 0 Å². The zero-order valence-corrected chi connectivity index (χ0v) is 10.5. The molecule has 5 heteroatoms. The van der Waals surface area contributed by atoms with Crippen molar-refractivity contribution < 1.29 is 9.53 Å². The Labute approximate surface area is 105 Å². The maximum absolute atomic E-state index is 11.9. The molecular formula is C12H16N2O2S. The van der Waals surface area contributed by atoms with Crippen molar-refractivity contribution in [2.24, 2.45) is 0 Å². The van der Waals surface area contributed by atoms with Crippen LogP contribution in [0.5, 0.6) is 5.75 Å². The second-order valence-corrected chi connectivity index (χ2v) is 4.95. The van der Waals surface area contributed by atoms with Crippen LogP contribution in [0.4, 0.5) is 5.69 Å². The summed E-state index contributed by atoms with van der Waals surface area (Å²) in [7, 11) is 1.62. The molecule has 2 N–H and O–H groups in total. The molecule has 1 aliphatic heterocycles. The highest BCUT2D eigenvalue weighted by atomic mass is 32.2. The number of methoxy groups -OCH3 is 1. The van der Waals surface area contributed by atoms with Gasteiger partial charge in [0.15, 0.2) is 0 Å². The molecule has 0 aliphatic carbocycles. The summed E-state index contributed by atoms with van der Waals surface area (Å²) in [6.07, 6.45) is 0. The number of hydrogen-bond acceptors (Lipinski definition) is 4. The Kier molecular flexibility index (Phi) is 4.28. The minimum Gasteiger partial charge on any atom is -0.497 e. The number of ether oxygens (including phenoxy) is 1. The van der Waals surface area contributed by atoms with Gasteiger partial charge in [-0.2, -0.15) is 11.8 Å². The van der Waals surface area contributed by atoms with E-state index in [2.05, 4.69) is 10.6 Å².